The molecule has 2 aromatic carbocycles. The molecule has 0 bridgehead atoms. The highest BCUT2D eigenvalue weighted by Gasteiger charge is 2.11. The molecule has 0 aliphatic carbocycles. The van der Waals surface area contributed by atoms with Crippen LogP contribution in [0.5, 0.6) is 0 Å². The number of thiazole rings is 1. The van der Waals surface area contributed by atoms with Gasteiger partial charge in [-0.15, -0.1) is 11.3 Å². The Labute approximate surface area is 171 Å². The Hall–Kier alpha value is -2.15. The molecule has 3 aromatic rings. The zero-order valence-corrected chi connectivity index (χ0v) is 17.0. The standard InChI is InChI=1S/C20H17ClN2O2S2/c1-13-7-8-15(9-17(13)21)22-19(25)10-16-11-26-20(23-16)27-12-18(24)14-5-3-2-4-6-14/h2-9,11H,10,12H2,1H3,(H,22,25). The predicted octanol–water partition coefficient (Wildman–Crippen LogP) is 5.26. The number of nitrogens with one attached hydrogen (secondary N) is 1. The molecule has 0 spiro atoms. The van der Waals surface area contributed by atoms with E-state index in [-0.39, 0.29) is 18.1 Å². The first-order valence-electron chi connectivity index (χ1n) is 8.23. The number of hydrogen-bond acceptors (Lipinski definition) is 5. The fourth-order valence-corrected chi connectivity index (χ4v) is 4.23. The summed E-state index contributed by atoms with van der Waals surface area (Å²) in [6.07, 6.45) is 0.176. The van der Waals surface area contributed by atoms with Crippen LogP contribution < -0.4 is 5.32 Å². The Bertz CT molecular complexity index is 958. The highest BCUT2D eigenvalue weighted by atomic mass is 35.5. The van der Waals surface area contributed by atoms with Gasteiger partial charge in [0.05, 0.1) is 17.9 Å². The fraction of sp³-hybridized carbons (Fsp3) is 0.150. The minimum atomic E-state index is -0.155. The lowest BCUT2D eigenvalue weighted by molar-refractivity contribution is -0.115. The number of carbonyl (C=O) groups is 2. The molecule has 1 heterocycles. The van der Waals surface area contributed by atoms with Crippen LogP contribution in [0.15, 0.2) is 58.3 Å². The van der Waals surface area contributed by atoms with Gasteiger partial charge < -0.3 is 5.32 Å². The summed E-state index contributed by atoms with van der Waals surface area (Å²) in [6, 6.07) is 14.6. The molecule has 138 valence electrons. The maximum absolute atomic E-state index is 12.2. The predicted molar refractivity (Wildman–Crippen MR) is 112 cm³/mol. The molecule has 4 nitrogen and oxygen atoms in total. The zero-order chi connectivity index (χ0) is 19.2. The lowest BCUT2D eigenvalue weighted by Gasteiger charge is -2.06. The molecule has 0 radical (unpaired) electrons. The lowest BCUT2D eigenvalue weighted by atomic mass is 10.2. The summed E-state index contributed by atoms with van der Waals surface area (Å²) in [4.78, 5) is 28.8. The smallest absolute Gasteiger partial charge is 0.230 e. The molecule has 1 aromatic heterocycles. The molecule has 0 saturated carbocycles. The van der Waals surface area contributed by atoms with E-state index in [0.717, 1.165) is 9.90 Å². The summed E-state index contributed by atoms with van der Waals surface area (Å²) >= 11 is 8.90. The van der Waals surface area contributed by atoms with Crippen molar-refractivity contribution in [3.8, 4) is 0 Å². The molecule has 1 amide bonds. The molecular formula is C20H17ClN2O2S2. The van der Waals surface area contributed by atoms with Crippen molar-refractivity contribution in [2.24, 2.45) is 0 Å². The largest absolute Gasteiger partial charge is 0.326 e. The number of thioether (sulfide) groups is 1. The Balaban J connectivity index is 1.52. The first-order chi connectivity index (χ1) is 13.0. The van der Waals surface area contributed by atoms with Crippen molar-refractivity contribution in [3.05, 3.63) is 75.8 Å². The number of aromatic nitrogens is 1. The molecule has 27 heavy (non-hydrogen) atoms. The molecule has 0 saturated heterocycles. The Morgan fingerprint density at radius 1 is 1.19 bits per heavy atom. The third-order valence-electron chi connectivity index (χ3n) is 3.75. The van der Waals surface area contributed by atoms with Crippen LogP contribution in [0.1, 0.15) is 21.6 Å². The molecule has 1 N–H and O–H groups in total. The van der Waals surface area contributed by atoms with E-state index in [0.29, 0.717) is 27.7 Å². The highest BCUT2D eigenvalue weighted by molar-refractivity contribution is 8.01. The first-order valence-corrected chi connectivity index (χ1v) is 10.5. The Kier molecular flexibility index (Phi) is 6.66. The van der Waals surface area contributed by atoms with E-state index < -0.39 is 0 Å². The van der Waals surface area contributed by atoms with Crippen molar-refractivity contribution < 1.29 is 9.59 Å². The van der Waals surface area contributed by atoms with Crippen LogP contribution in [-0.2, 0) is 11.2 Å². The maximum Gasteiger partial charge on any atom is 0.230 e. The third-order valence-corrected chi connectivity index (χ3v) is 6.23. The number of Topliss-reactive ketones (excluding diaryl/α,β-unsaturated/α-hetero) is 1. The van der Waals surface area contributed by atoms with E-state index in [1.807, 2.05) is 42.6 Å². The van der Waals surface area contributed by atoms with Gasteiger partial charge in [0.25, 0.3) is 0 Å². The van der Waals surface area contributed by atoms with Gasteiger partial charge in [-0.2, -0.15) is 0 Å². The van der Waals surface area contributed by atoms with Crippen LogP contribution in [0.4, 0.5) is 5.69 Å². The van der Waals surface area contributed by atoms with Crippen molar-refractivity contribution in [1.29, 1.82) is 0 Å². The maximum atomic E-state index is 12.2. The van der Waals surface area contributed by atoms with Crippen LogP contribution in [0.25, 0.3) is 0 Å². The Morgan fingerprint density at radius 3 is 2.70 bits per heavy atom. The number of halogens is 1. The van der Waals surface area contributed by atoms with E-state index in [1.165, 1.54) is 23.1 Å². The molecule has 0 atom stereocenters. The summed E-state index contributed by atoms with van der Waals surface area (Å²) < 4.78 is 0.778. The number of anilines is 1. The van der Waals surface area contributed by atoms with Crippen molar-refractivity contribution in [3.63, 3.8) is 0 Å². The average molecular weight is 417 g/mol. The van der Waals surface area contributed by atoms with Gasteiger partial charge >= 0.3 is 0 Å². The van der Waals surface area contributed by atoms with E-state index >= 15 is 0 Å². The number of aryl methyl sites for hydroxylation is 1. The quantitative estimate of drug-likeness (QED) is 0.421. The van der Waals surface area contributed by atoms with E-state index in [1.54, 1.807) is 18.2 Å². The van der Waals surface area contributed by atoms with Crippen LogP contribution >= 0.6 is 34.7 Å². The number of ketones is 1. The van der Waals surface area contributed by atoms with Crippen LogP contribution in [-0.4, -0.2) is 22.4 Å². The minimum absolute atomic E-state index is 0.0614. The van der Waals surface area contributed by atoms with Crippen molar-refractivity contribution in [2.75, 3.05) is 11.1 Å². The van der Waals surface area contributed by atoms with Gasteiger partial charge in [-0.3, -0.25) is 9.59 Å². The van der Waals surface area contributed by atoms with Gasteiger partial charge in [0.2, 0.25) is 5.91 Å². The summed E-state index contributed by atoms with van der Waals surface area (Å²) in [5.74, 6) is 0.230. The van der Waals surface area contributed by atoms with Gasteiger partial charge in [0.1, 0.15) is 0 Å². The molecule has 0 fully saturated rings. The van der Waals surface area contributed by atoms with Gasteiger partial charge in [0, 0.05) is 21.7 Å². The number of carbonyl (C=O) groups excluding carboxylic acids is 2. The SMILES string of the molecule is Cc1ccc(NC(=O)Cc2csc(SCC(=O)c3ccccc3)n2)cc1Cl. The first kappa shape index (κ1) is 19.6. The number of amides is 1. The summed E-state index contributed by atoms with van der Waals surface area (Å²) in [5.41, 5.74) is 3.00. The number of hydrogen-bond donors (Lipinski definition) is 1. The lowest BCUT2D eigenvalue weighted by Crippen LogP contribution is -2.14. The van der Waals surface area contributed by atoms with Crippen LogP contribution in [0.2, 0.25) is 5.02 Å². The molecular weight excluding hydrogens is 400 g/mol. The van der Waals surface area contributed by atoms with E-state index in [2.05, 4.69) is 10.3 Å². The van der Waals surface area contributed by atoms with Gasteiger partial charge in [-0.1, -0.05) is 59.8 Å². The fourth-order valence-electron chi connectivity index (χ4n) is 2.31. The second-order valence-electron chi connectivity index (χ2n) is 5.87. The van der Waals surface area contributed by atoms with Crippen molar-refractivity contribution >= 4 is 52.1 Å². The molecule has 0 unspecified atom stereocenters. The van der Waals surface area contributed by atoms with E-state index in [9.17, 15) is 9.59 Å². The second kappa shape index (κ2) is 9.17. The second-order valence-corrected chi connectivity index (χ2v) is 8.36. The average Bonchev–Trinajstić information content (AvgIpc) is 3.10. The Morgan fingerprint density at radius 2 is 1.96 bits per heavy atom. The summed E-state index contributed by atoms with van der Waals surface area (Å²) in [5, 5.41) is 5.28. The van der Waals surface area contributed by atoms with Gasteiger partial charge in [0.15, 0.2) is 10.1 Å². The molecule has 3 rings (SSSR count). The molecule has 0 aliphatic heterocycles. The molecule has 0 aliphatic rings. The molecule has 7 heteroatoms. The van der Waals surface area contributed by atoms with Crippen LogP contribution in [0, 0.1) is 6.92 Å². The van der Waals surface area contributed by atoms with Crippen molar-refractivity contribution in [1.82, 2.24) is 4.98 Å². The van der Waals surface area contributed by atoms with Crippen molar-refractivity contribution in [2.45, 2.75) is 17.7 Å². The number of benzene rings is 2. The van der Waals surface area contributed by atoms with Gasteiger partial charge in [-0.25, -0.2) is 4.98 Å². The normalized spacial score (nSPS) is 10.6. The summed E-state index contributed by atoms with van der Waals surface area (Å²) in [6.45, 7) is 1.91. The summed E-state index contributed by atoms with van der Waals surface area (Å²) in [7, 11) is 0. The zero-order valence-electron chi connectivity index (χ0n) is 14.6. The minimum Gasteiger partial charge on any atom is -0.326 e. The third kappa shape index (κ3) is 5.66. The topological polar surface area (TPSA) is 59.1 Å². The number of nitrogens with zero attached hydrogens (tertiary/aromatic N) is 1. The highest BCUT2D eigenvalue weighted by Crippen LogP contribution is 2.24. The monoisotopic (exact) mass is 416 g/mol. The van der Waals surface area contributed by atoms with Gasteiger partial charge in [-0.05, 0) is 24.6 Å². The number of rotatable bonds is 7. The van der Waals surface area contributed by atoms with Crippen LogP contribution in [0.3, 0.4) is 0 Å². The van der Waals surface area contributed by atoms with E-state index in [4.69, 9.17) is 11.6 Å².